The van der Waals surface area contributed by atoms with Gasteiger partial charge in [-0.15, -0.1) is 0 Å². The molecule has 0 bridgehead atoms. The van der Waals surface area contributed by atoms with Crippen molar-refractivity contribution < 1.29 is 18.0 Å². The summed E-state index contributed by atoms with van der Waals surface area (Å²) >= 11 is 0. The van der Waals surface area contributed by atoms with Crippen molar-refractivity contribution in [2.24, 2.45) is 0 Å². The van der Waals surface area contributed by atoms with E-state index in [1.807, 2.05) is 6.92 Å². The SMILES string of the molecule is CCCCCNC(=O)[C@@H]1CCC(=O)N1S(=O)(=O)c1ccc(C)cc1. The summed E-state index contributed by atoms with van der Waals surface area (Å²) in [5.41, 5.74) is 0.923. The summed E-state index contributed by atoms with van der Waals surface area (Å²) < 4.78 is 26.3. The van der Waals surface area contributed by atoms with Crippen LogP contribution in [-0.2, 0) is 19.6 Å². The highest BCUT2D eigenvalue weighted by Crippen LogP contribution is 2.27. The van der Waals surface area contributed by atoms with Gasteiger partial charge in [-0.25, -0.2) is 12.7 Å². The van der Waals surface area contributed by atoms with Crippen molar-refractivity contribution >= 4 is 21.8 Å². The smallest absolute Gasteiger partial charge is 0.267 e. The van der Waals surface area contributed by atoms with Gasteiger partial charge in [0.2, 0.25) is 11.8 Å². The molecule has 1 heterocycles. The van der Waals surface area contributed by atoms with Crippen LogP contribution in [0.4, 0.5) is 0 Å². The summed E-state index contributed by atoms with van der Waals surface area (Å²) in [6.45, 7) is 4.41. The molecule has 1 fully saturated rings. The molecule has 2 amide bonds. The first-order valence-corrected chi connectivity index (χ1v) is 9.73. The average Bonchev–Trinajstić information content (AvgIpc) is 2.94. The van der Waals surface area contributed by atoms with Crippen LogP contribution in [0.1, 0.15) is 44.6 Å². The van der Waals surface area contributed by atoms with Crippen LogP contribution in [0.2, 0.25) is 0 Å². The zero-order valence-corrected chi connectivity index (χ0v) is 14.9. The summed E-state index contributed by atoms with van der Waals surface area (Å²) in [5.74, 6) is -0.920. The minimum Gasteiger partial charge on any atom is -0.354 e. The zero-order valence-electron chi connectivity index (χ0n) is 14.1. The molecule has 1 saturated heterocycles. The fourth-order valence-electron chi connectivity index (χ4n) is 2.73. The van der Waals surface area contributed by atoms with Gasteiger partial charge in [-0.2, -0.15) is 0 Å². The Kier molecular flexibility index (Phi) is 5.99. The molecule has 2 rings (SSSR count). The van der Waals surface area contributed by atoms with Crippen LogP contribution in [0.5, 0.6) is 0 Å². The highest BCUT2D eigenvalue weighted by atomic mass is 32.2. The van der Waals surface area contributed by atoms with Gasteiger partial charge in [-0.1, -0.05) is 37.5 Å². The topological polar surface area (TPSA) is 83.6 Å². The number of carbonyl (C=O) groups is 2. The van der Waals surface area contributed by atoms with Crippen molar-refractivity contribution in [2.45, 2.75) is 56.9 Å². The lowest BCUT2D eigenvalue weighted by molar-refractivity contribution is -0.130. The zero-order chi connectivity index (χ0) is 17.7. The fourth-order valence-corrected chi connectivity index (χ4v) is 4.33. The standard InChI is InChI=1S/C17H24N2O4S/c1-3-4-5-12-18-17(21)15-10-11-16(20)19(15)24(22,23)14-8-6-13(2)7-9-14/h6-9,15H,3-5,10-12H2,1-2H3,(H,18,21)/t15-/m0/s1. The Bertz CT molecular complexity index is 698. The maximum absolute atomic E-state index is 12.8. The molecule has 1 aromatic carbocycles. The predicted octanol–water partition coefficient (Wildman–Crippen LogP) is 1.98. The predicted molar refractivity (Wildman–Crippen MR) is 90.8 cm³/mol. The third-order valence-corrected chi connectivity index (χ3v) is 5.96. The first-order chi connectivity index (χ1) is 11.4. The maximum atomic E-state index is 12.8. The van der Waals surface area contributed by atoms with E-state index in [9.17, 15) is 18.0 Å². The number of carbonyl (C=O) groups excluding carboxylic acids is 2. The number of aryl methyl sites for hydroxylation is 1. The van der Waals surface area contributed by atoms with Gasteiger partial charge in [0.15, 0.2) is 0 Å². The van der Waals surface area contributed by atoms with Crippen LogP contribution in [0.15, 0.2) is 29.2 Å². The Morgan fingerprint density at radius 2 is 1.92 bits per heavy atom. The molecule has 1 atom stereocenters. The molecule has 6 nitrogen and oxygen atoms in total. The molecule has 24 heavy (non-hydrogen) atoms. The van der Waals surface area contributed by atoms with Crippen molar-refractivity contribution in [3.8, 4) is 0 Å². The third-order valence-electron chi connectivity index (χ3n) is 4.12. The highest BCUT2D eigenvalue weighted by molar-refractivity contribution is 7.89. The maximum Gasteiger partial charge on any atom is 0.267 e. The molecule has 1 aliphatic rings. The molecule has 132 valence electrons. The van der Waals surface area contributed by atoms with E-state index >= 15 is 0 Å². The van der Waals surface area contributed by atoms with Crippen LogP contribution in [0.25, 0.3) is 0 Å². The molecule has 0 saturated carbocycles. The molecule has 1 aliphatic heterocycles. The molecule has 7 heteroatoms. The Morgan fingerprint density at radius 3 is 2.54 bits per heavy atom. The summed E-state index contributed by atoms with van der Waals surface area (Å²) in [5, 5.41) is 2.75. The van der Waals surface area contributed by atoms with Gasteiger partial charge in [-0.05, 0) is 31.9 Å². The van der Waals surface area contributed by atoms with Crippen molar-refractivity contribution in [3.05, 3.63) is 29.8 Å². The van der Waals surface area contributed by atoms with Gasteiger partial charge >= 0.3 is 0 Å². The summed E-state index contributed by atoms with van der Waals surface area (Å²) in [6, 6.07) is 5.32. The monoisotopic (exact) mass is 352 g/mol. The normalized spacial score (nSPS) is 18.0. The second-order valence-electron chi connectivity index (χ2n) is 6.06. The van der Waals surface area contributed by atoms with Crippen LogP contribution in [-0.4, -0.2) is 37.1 Å². The molecule has 1 aromatic rings. The number of rotatable bonds is 7. The second-order valence-corrected chi connectivity index (χ2v) is 7.88. The molecular weight excluding hydrogens is 328 g/mol. The van der Waals surface area contributed by atoms with E-state index in [0.717, 1.165) is 29.1 Å². The summed E-state index contributed by atoms with van der Waals surface area (Å²) in [7, 11) is -4.01. The van der Waals surface area contributed by atoms with E-state index in [1.165, 1.54) is 12.1 Å². The van der Waals surface area contributed by atoms with E-state index in [-0.39, 0.29) is 17.7 Å². The molecule has 1 N–H and O–H groups in total. The van der Waals surface area contributed by atoms with E-state index in [2.05, 4.69) is 12.2 Å². The van der Waals surface area contributed by atoms with Crippen molar-refractivity contribution in [3.63, 3.8) is 0 Å². The highest BCUT2D eigenvalue weighted by Gasteiger charge is 2.44. The van der Waals surface area contributed by atoms with Crippen molar-refractivity contribution in [1.29, 1.82) is 0 Å². The number of sulfonamides is 1. The van der Waals surface area contributed by atoms with Gasteiger partial charge < -0.3 is 5.32 Å². The largest absolute Gasteiger partial charge is 0.354 e. The second kappa shape index (κ2) is 7.79. The quantitative estimate of drug-likeness (QED) is 0.761. The molecule has 0 aromatic heterocycles. The third kappa shape index (κ3) is 3.95. The van der Waals surface area contributed by atoms with Crippen LogP contribution in [0.3, 0.4) is 0 Å². The number of amides is 2. The van der Waals surface area contributed by atoms with Gasteiger partial charge in [0.05, 0.1) is 4.90 Å². The summed E-state index contributed by atoms with van der Waals surface area (Å²) in [6.07, 6.45) is 3.16. The molecule has 0 unspecified atom stereocenters. The lowest BCUT2D eigenvalue weighted by Crippen LogP contribution is -2.47. The summed E-state index contributed by atoms with van der Waals surface area (Å²) in [4.78, 5) is 24.5. The van der Waals surface area contributed by atoms with Gasteiger partial charge in [0.25, 0.3) is 10.0 Å². The Hall–Kier alpha value is -1.89. The minimum atomic E-state index is -4.01. The number of benzene rings is 1. The van der Waals surface area contributed by atoms with Crippen LogP contribution in [0, 0.1) is 6.92 Å². The number of hydrogen-bond donors (Lipinski definition) is 1. The van der Waals surface area contributed by atoms with Crippen LogP contribution >= 0.6 is 0 Å². The Balaban J connectivity index is 2.17. The number of unbranched alkanes of at least 4 members (excludes halogenated alkanes) is 2. The molecule has 0 aliphatic carbocycles. The van der Waals surface area contributed by atoms with E-state index in [4.69, 9.17) is 0 Å². The van der Waals surface area contributed by atoms with E-state index < -0.39 is 27.9 Å². The van der Waals surface area contributed by atoms with E-state index in [1.54, 1.807) is 12.1 Å². The van der Waals surface area contributed by atoms with Crippen molar-refractivity contribution in [1.82, 2.24) is 9.62 Å². The first kappa shape index (κ1) is 18.4. The molecule has 0 radical (unpaired) electrons. The number of nitrogens with zero attached hydrogens (tertiary/aromatic N) is 1. The Labute approximate surface area is 143 Å². The fraction of sp³-hybridized carbons (Fsp3) is 0.529. The van der Waals surface area contributed by atoms with Gasteiger partial charge in [-0.3, -0.25) is 9.59 Å². The molecule has 0 spiro atoms. The lowest BCUT2D eigenvalue weighted by atomic mass is 10.2. The van der Waals surface area contributed by atoms with Crippen LogP contribution < -0.4 is 5.32 Å². The van der Waals surface area contributed by atoms with Gasteiger partial charge in [0.1, 0.15) is 6.04 Å². The average molecular weight is 352 g/mol. The number of hydrogen-bond acceptors (Lipinski definition) is 4. The van der Waals surface area contributed by atoms with Crippen molar-refractivity contribution in [2.75, 3.05) is 6.54 Å². The first-order valence-electron chi connectivity index (χ1n) is 8.29. The van der Waals surface area contributed by atoms with E-state index in [0.29, 0.717) is 6.54 Å². The Morgan fingerprint density at radius 1 is 1.25 bits per heavy atom. The number of nitrogens with one attached hydrogen (secondary N) is 1. The minimum absolute atomic E-state index is 0.0344. The molecular formula is C17H24N2O4S. The lowest BCUT2D eigenvalue weighted by Gasteiger charge is -2.23. The van der Waals surface area contributed by atoms with Gasteiger partial charge in [0, 0.05) is 13.0 Å².